The summed E-state index contributed by atoms with van der Waals surface area (Å²) >= 11 is 0. The van der Waals surface area contributed by atoms with Crippen LogP contribution in [0, 0.1) is 5.92 Å². The van der Waals surface area contributed by atoms with Crippen LogP contribution in [0.5, 0.6) is 0 Å². The standard InChI is InChI=1S/C31H28OSi/c1-33(2)28(24-15-7-3-8-16-24)23-29-30(25-17-9-4-10-18-25,26-19-11-5-12-20-26)32-31(29,33)27-21-13-6-14-22-27/h3-23,29H,1-2H3. The molecule has 0 spiro atoms. The van der Waals surface area contributed by atoms with E-state index in [1.54, 1.807) is 0 Å². The van der Waals surface area contributed by atoms with Crippen molar-refractivity contribution in [2.75, 3.05) is 0 Å². The topological polar surface area (TPSA) is 9.23 Å². The lowest BCUT2D eigenvalue weighted by atomic mass is 9.66. The Labute approximate surface area is 197 Å². The molecule has 2 unspecified atom stereocenters. The minimum Gasteiger partial charge on any atom is -0.356 e. The highest BCUT2D eigenvalue weighted by Crippen LogP contribution is 2.70. The van der Waals surface area contributed by atoms with Gasteiger partial charge in [-0.15, -0.1) is 0 Å². The third-order valence-corrected chi connectivity index (χ3v) is 12.2. The molecule has 2 heterocycles. The molecule has 1 fully saturated rings. The molecule has 0 aliphatic carbocycles. The summed E-state index contributed by atoms with van der Waals surface area (Å²) in [5.41, 5.74) is 4.58. The third kappa shape index (κ3) is 2.68. The highest BCUT2D eigenvalue weighted by atomic mass is 28.3. The van der Waals surface area contributed by atoms with Gasteiger partial charge in [0, 0.05) is 5.92 Å². The predicted octanol–water partition coefficient (Wildman–Crippen LogP) is 7.36. The van der Waals surface area contributed by atoms with E-state index in [-0.39, 0.29) is 11.1 Å². The van der Waals surface area contributed by atoms with E-state index in [4.69, 9.17) is 4.74 Å². The van der Waals surface area contributed by atoms with Crippen LogP contribution in [0.1, 0.15) is 22.3 Å². The number of ether oxygens (including phenoxy) is 1. The van der Waals surface area contributed by atoms with Crippen molar-refractivity contribution in [2.24, 2.45) is 5.92 Å². The Hall–Kier alpha value is -3.20. The summed E-state index contributed by atoms with van der Waals surface area (Å²) in [5.74, 6) is 0.217. The maximum Gasteiger partial charge on any atom is 0.128 e. The van der Waals surface area contributed by atoms with E-state index in [1.807, 2.05) is 0 Å². The molecule has 0 N–H and O–H groups in total. The van der Waals surface area contributed by atoms with Crippen molar-refractivity contribution >= 4 is 13.3 Å². The van der Waals surface area contributed by atoms with Crippen molar-refractivity contribution in [1.82, 2.24) is 0 Å². The van der Waals surface area contributed by atoms with Gasteiger partial charge in [0.2, 0.25) is 0 Å². The first kappa shape index (κ1) is 20.4. The van der Waals surface area contributed by atoms with Gasteiger partial charge >= 0.3 is 0 Å². The number of hydrogen-bond donors (Lipinski definition) is 0. The summed E-state index contributed by atoms with van der Waals surface area (Å²) in [6.45, 7) is 4.97. The van der Waals surface area contributed by atoms with Gasteiger partial charge in [0.15, 0.2) is 0 Å². The number of rotatable bonds is 4. The summed E-state index contributed by atoms with van der Waals surface area (Å²) in [6, 6.07) is 43.5. The zero-order valence-corrected chi connectivity index (χ0v) is 20.1. The fourth-order valence-electron chi connectivity index (χ4n) is 6.31. The minimum atomic E-state index is -2.10. The van der Waals surface area contributed by atoms with Crippen LogP contribution in [0.3, 0.4) is 0 Å². The van der Waals surface area contributed by atoms with Crippen LogP contribution in [0.25, 0.3) is 5.20 Å². The zero-order valence-electron chi connectivity index (χ0n) is 19.1. The molecule has 1 nitrogen and oxygen atoms in total. The highest BCUT2D eigenvalue weighted by Gasteiger charge is 2.75. The molecule has 6 rings (SSSR count). The first-order valence-corrected chi connectivity index (χ1v) is 14.8. The molecular formula is C31H28OSi. The average Bonchev–Trinajstić information content (AvgIpc) is 3.05. The second-order valence-electron chi connectivity index (χ2n) is 9.72. The Morgan fingerprint density at radius 1 is 0.576 bits per heavy atom. The highest BCUT2D eigenvalue weighted by molar-refractivity contribution is 6.97. The molecule has 0 aromatic heterocycles. The largest absolute Gasteiger partial charge is 0.356 e. The van der Waals surface area contributed by atoms with E-state index in [0.717, 1.165) is 0 Å². The normalized spacial score (nSPS) is 24.4. The Kier molecular flexibility index (Phi) is 4.58. The SMILES string of the molecule is C[Si]1(C)C(c2ccccc2)=CC2C(c3ccccc3)(c3ccccc3)OC21c1ccccc1. The molecule has 162 valence electrons. The van der Waals surface area contributed by atoms with Crippen molar-refractivity contribution < 1.29 is 4.74 Å². The molecule has 2 aliphatic rings. The molecule has 2 heteroatoms. The van der Waals surface area contributed by atoms with Gasteiger partial charge in [0.05, 0.1) is 5.22 Å². The summed E-state index contributed by atoms with van der Waals surface area (Å²) in [4.78, 5) is 0. The fraction of sp³-hybridized carbons (Fsp3) is 0.161. The summed E-state index contributed by atoms with van der Waals surface area (Å²) in [6.07, 6.45) is 2.57. The van der Waals surface area contributed by atoms with E-state index in [0.29, 0.717) is 0 Å². The van der Waals surface area contributed by atoms with Gasteiger partial charge in [0.25, 0.3) is 0 Å². The van der Waals surface area contributed by atoms with Gasteiger partial charge < -0.3 is 4.74 Å². The lowest BCUT2D eigenvalue weighted by molar-refractivity contribution is -0.264. The Morgan fingerprint density at radius 3 is 1.48 bits per heavy atom. The van der Waals surface area contributed by atoms with Crippen LogP contribution >= 0.6 is 0 Å². The van der Waals surface area contributed by atoms with Crippen LogP contribution in [0.2, 0.25) is 13.1 Å². The molecule has 0 amide bonds. The van der Waals surface area contributed by atoms with E-state index in [2.05, 4.69) is 140 Å². The fourth-order valence-corrected chi connectivity index (χ4v) is 10.6. The monoisotopic (exact) mass is 444 g/mol. The van der Waals surface area contributed by atoms with Crippen LogP contribution in [-0.2, 0) is 15.6 Å². The van der Waals surface area contributed by atoms with Crippen molar-refractivity contribution in [3.05, 3.63) is 150 Å². The van der Waals surface area contributed by atoms with E-state index in [1.165, 1.54) is 27.5 Å². The van der Waals surface area contributed by atoms with Gasteiger partial charge in [-0.1, -0.05) is 146 Å². The molecule has 2 aliphatic heterocycles. The molecule has 1 saturated heterocycles. The van der Waals surface area contributed by atoms with Crippen molar-refractivity contribution in [1.29, 1.82) is 0 Å². The van der Waals surface area contributed by atoms with E-state index >= 15 is 0 Å². The third-order valence-electron chi connectivity index (χ3n) is 7.83. The predicted molar refractivity (Wildman–Crippen MR) is 138 cm³/mol. The summed E-state index contributed by atoms with van der Waals surface area (Å²) in [5, 5.41) is 1.18. The smallest absolute Gasteiger partial charge is 0.128 e. The van der Waals surface area contributed by atoms with Gasteiger partial charge in [0.1, 0.15) is 13.7 Å². The molecule has 0 saturated carbocycles. The molecule has 33 heavy (non-hydrogen) atoms. The van der Waals surface area contributed by atoms with Gasteiger partial charge in [-0.3, -0.25) is 0 Å². The Balaban J connectivity index is 1.64. The minimum absolute atomic E-state index is 0.217. The second-order valence-corrected chi connectivity index (χ2v) is 14.3. The number of benzene rings is 4. The maximum atomic E-state index is 7.47. The first-order valence-electron chi connectivity index (χ1n) is 11.8. The Bertz CT molecular complexity index is 1260. The average molecular weight is 445 g/mol. The second kappa shape index (κ2) is 7.41. The quantitative estimate of drug-likeness (QED) is 0.299. The Morgan fingerprint density at radius 2 is 1.00 bits per heavy atom. The van der Waals surface area contributed by atoms with Crippen molar-refractivity contribution in [2.45, 2.75) is 23.9 Å². The van der Waals surface area contributed by atoms with Gasteiger partial charge in [-0.05, 0) is 22.3 Å². The van der Waals surface area contributed by atoms with E-state index < -0.39 is 13.7 Å². The van der Waals surface area contributed by atoms with E-state index in [9.17, 15) is 0 Å². The molecular weight excluding hydrogens is 416 g/mol. The summed E-state index contributed by atoms with van der Waals surface area (Å²) < 4.78 is 7.47. The molecule has 0 radical (unpaired) electrons. The molecule has 4 aromatic rings. The van der Waals surface area contributed by atoms with Crippen molar-refractivity contribution in [3.8, 4) is 0 Å². The van der Waals surface area contributed by atoms with Gasteiger partial charge in [-0.2, -0.15) is 0 Å². The zero-order chi connectivity index (χ0) is 22.5. The van der Waals surface area contributed by atoms with Crippen LogP contribution in [-0.4, -0.2) is 8.07 Å². The maximum absolute atomic E-state index is 7.47. The lowest BCUT2D eigenvalue weighted by Gasteiger charge is -2.64. The summed E-state index contributed by atoms with van der Waals surface area (Å²) in [7, 11) is -2.10. The molecule has 4 aromatic carbocycles. The van der Waals surface area contributed by atoms with Crippen LogP contribution in [0.15, 0.2) is 127 Å². The lowest BCUT2D eigenvalue weighted by Crippen LogP contribution is -2.71. The van der Waals surface area contributed by atoms with Crippen LogP contribution in [0.4, 0.5) is 0 Å². The first-order chi connectivity index (χ1) is 16.1. The molecule has 0 bridgehead atoms. The van der Waals surface area contributed by atoms with Crippen LogP contribution < -0.4 is 0 Å². The number of hydrogen-bond acceptors (Lipinski definition) is 1. The molecule has 2 atom stereocenters. The van der Waals surface area contributed by atoms with Crippen molar-refractivity contribution in [3.63, 3.8) is 0 Å². The number of fused-ring (bicyclic) bond motifs is 1. The van der Waals surface area contributed by atoms with Gasteiger partial charge in [-0.25, -0.2) is 0 Å².